The first kappa shape index (κ1) is 17.2. The molecule has 2 N–H and O–H groups in total. The fourth-order valence-corrected chi connectivity index (χ4v) is 2.88. The molecule has 0 radical (unpaired) electrons. The summed E-state index contributed by atoms with van der Waals surface area (Å²) in [4.78, 5) is 29.1. The van der Waals surface area contributed by atoms with Crippen LogP contribution in [0.15, 0.2) is 42.7 Å². The van der Waals surface area contributed by atoms with Gasteiger partial charge in [0.05, 0.1) is 11.8 Å². The third-order valence-corrected chi connectivity index (χ3v) is 4.48. The van der Waals surface area contributed by atoms with Gasteiger partial charge < -0.3 is 10.6 Å². The highest BCUT2D eigenvalue weighted by Gasteiger charge is 2.23. The van der Waals surface area contributed by atoms with Gasteiger partial charge in [-0.05, 0) is 51.0 Å². The Morgan fingerprint density at radius 3 is 2.67 bits per heavy atom. The molecule has 3 aromatic rings. The van der Waals surface area contributed by atoms with Crippen LogP contribution in [0.3, 0.4) is 0 Å². The quantitative estimate of drug-likeness (QED) is 0.729. The van der Waals surface area contributed by atoms with Crippen molar-refractivity contribution < 1.29 is 9.59 Å². The van der Waals surface area contributed by atoms with E-state index in [4.69, 9.17) is 0 Å². The minimum absolute atomic E-state index is 0.113. The van der Waals surface area contributed by atoms with Gasteiger partial charge in [0.25, 0.3) is 11.8 Å². The summed E-state index contributed by atoms with van der Waals surface area (Å²) in [5, 5.41) is 10.9. The van der Waals surface area contributed by atoms with E-state index in [2.05, 4.69) is 20.7 Å². The van der Waals surface area contributed by atoms with E-state index in [0.717, 1.165) is 23.9 Å². The van der Waals surface area contributed by atoms with E-state index in [9.17, 15) is 9.59 Å². The maximum Gasteiger partial charge on any atom is 0.257 e. The number of aromatic nitrogens is 3. The molecule has 1 aromatic carbocycles. The van der Waals surface area contributed by atoms with Gasteiger partial charge in [-0.1, -0.05) is 6.07 Å². The average molecular weight is 363 g/mol. The maximum absolute atomic E-state index is 12.6. The minimum atomic E-state index is -0.276. The Balaban J connectivity index is 1.51. The number of hydrogen-bond donors (Lipinski definition) is 2. The number of rotatable bonds is 5. The molecule has 0 spiro atoms. The average Bonchev–Trinajstić information content (AvgIpc) is 3.36. The highest BCUT2D eigenvalue weighted by Crippen LogP contribution is 2.21. The van der Waals surface area contributed by atoms with Gasteiger partial charge >= 0.3 is 0 Å². The van der Waals surface area contributed by atoms with Gasteiger partial charge in [-0.25, -0.2) is 9.67 Å². The molecule has 7 nitrogen and oxygen atoms in total. The summed E-state index contributed by atoms with van der Waals surface area (Å²) < 4.78 is 1.82. The number of fused-ring (bicyclic) bond motifs is 1. The first-order valence-corrected chi connectivity index (χ1v) is 9.07. The summed E-state index contributed by atoms with van der Waals surface area (Å²) in [5.41, 5.74) is 2.30. The molecular formula is C20H21N5O2. The van der Waals surface area contributed by atoms with Crippen LogP contribution in [-0.4, -0.2) is 32.6 Å². The largest absolute Gasteiger partial charge is 0.349 e. The number of nitrogens with one attached hydrogen (secondary N) is 2. The van der Waals surface area contributed by atoms with Crippen molar-refractivity contribution in [1.29, 1.82) is 0 Å². The van der Waals surface area contributed by atoms with Crippen LogP contribution < -0.4 is 10.6 Å². The van der Waals surface area contributed by atoms with Crippen LogP contribution in [0, 0.1) is 0 Å². The number of carbonyl (C=O) groups excluding carboxylic acids is 2. The smallest absolute Gasteiger partial charge is 0.257 e. The Morgan fingerprint density at radius 2 is 1.93 bits per heavy atom. The van der Waals surface area contributed by atoms with Crippen LogP contribution in [0.5, 0.6) is 0 Å². The summed E-state index contributed by atoms with van der Waals surface area (Å²) in [6, 6.07) is 9.19. The Morgan fingerprint density at radius 1 is 1.11 bits per heavy atom. The van der Waals surface area contributed by atoms with Crippen molar-refractivity contribution >= 4 is 28.5 Å². The number of amides is 2. The monoisotopic (exact) mass is 363 g/mol. The summed E-state index contributed by atoms with van der Waals surface area (Å²) >= 11 is 0. The zero-order valence-corrected chi connectivity index (χ0v) is 15.3. The fourth-order valence-electron chi connectivity index (χ4n) is 2.88. The lowest BCUT2D eigenvalue weighted by molar-refractivity contribution is 0.0949. The van der Waals surface area contributed by atoms with Gasteiger partial charge in [0.1, 0.15) is 0 Å². The van der Waals surface area contributed by atoms with Crippen molar-refractivity contribution in [1.82, 2.24) is 20.1 Å². The molecule has 1 fully saturated rings. The Bertz CT molecular complexity index is 1020. The molecular weight excluding hydrogens is 342 g/mol. The molecule has 27 heavy (non-hydrogen) atoms. The van der Waals surface area contributed by atoms with E-state index < -0.39 is 0 Å². The topological polar surface area (TPSA) is 88.9 Å². The molecule has 138 valence electrons. The lowest BCUT2D eigenvalue weighted by Gasteiger charge is -2.09. The second-order valence-corrected chi connectivity index (χ2v) is 7.10. The highest BCUT2D eigenvalue weighted by molar-refractivity contribution is 6.06. The molecule has 1 aliphatic carbocycles. The number of nitrogens with zero attached hydrogens (tertiary/aromatic N) is 3. The summed E-state index contributed by atoms with van der Waals surface area (Å²) in [6.07, 6.45) is 5.32. The molecule has 0 bridgehead atoms. The van der Waals surface area contributed by atoms with Crippen molar-refractivity contribution in [2.75, 3.05) is 5.32 Å². The third-order valence-electron chi connectivity index (χ3n) is 4.48. The SMILES string of the molecule is CC(C)n1ncc2cc(C(=O)Nc3cccc(C(=O)NC4CC4)c3)cnc21. The van der Waals surface area contributed by atoms with Crippen molar-refractivity contribution in [2.45, 2.75) is 38.8 Å². The van der Waals surface area contributed by atoms with Crippen LogP contribution >= 0.6 is 0 Å². The lowest BCUT2D eigenvalue weighted by atomic mass is 10.1. The molecule has 4 rings (SSSR count). The molecule has 0 aliphatic heterocycles. The van der Waals surface area contributed by atoms with Gasteiger partial charge in [-0.3, -0.25) is 9.59 Å². The number of carbonyl (C=O) groups is 2. The molecule has 0 unspecified atom stereocenters. The molecule has 7 heteroatoms. The van der Waals surface area contributed by atoms with Gasteiger partial charge in [0.15, 0.2) is 5.65 Å². The van der Waals surface area contributed by atoms with Gasteiger partial charge in [-0.2, -0.15) is 5.10 Å². The first-order valence-electron chi connectivity index (χ1n) is 9.07. The second-order valence-electron chi connectivity index (χ2n) is 7.10. The van der Waals surface area contributed by atoms with E-state index in [1.165, 1.54) is 0 Å². The van der Waals surface area contributed by atoms with Gasteiger partial charge in [-0.15, -0.1) is 0 Å². The van der Waals surface area contributed by atoms with Crippen LogP contribution in [-0.2, 0) is 0 Å². The molecule has 1 saturated carbocycles. The van der Waals surface area contributed by atoms with E-state index in [1.807, 2.05) is 18.5 Å². The van der Waals surface area contributed by atoms with Gasteiger partial charge in [0, 0.05) is 34.9 Å². The Hall–Kier alpha value is -3.22. The summed E-state index contributed by atoms with van der Waals surface area (Å²) in [6.45, 7) is 4.06. The number of anilines is 1. The van der Waals surface area contributed by atoms with Crippen LogP contribution in [0.25, 0.3) is 11.0 Å². The normalized spacial score (nSPS) is 13.7. The van der Waals surface area contributed by atoms with Crippen molar-refractivity contribution in [2.24, 2.45) is 0 Å². The molecule has 0 saturated heterocycles. The molecule has 2 heterocycles. The number of hydrogen-bond acceptors (Lipinski definition) is 4. The van der Waals surface area contributed by atoms with Crippen molar-refractivity contribution in [3.8, 4) is 0 Å². The van der Waals surface area contributed by atoms with E-state index in [1.54, 1.807) is 42.7 Å². The lowest BCUT2D eigenvalue weighted by Crippen LogP contribution is -2.25. The molecule has 0 atom stereocenters. The summed E-state index contributed by atoms with van der Waals surface area (Å²) in [7, 11) is 0. The fraction of sp³-hybridized carbons (Fsp3) is 0.300. The first-order chi connectivity index (χ1) is 13.0. The third kappa shape index (κ3) is 3.67. The zero-order chi connectivity index (χ0) is 19.0. The second kappa shape index (κ2) is 6.83. The van der Waals surface area contributed by atoms with Crippen LogP contribution in [0.2, 0.25) is 0 Å². The van der Waals surface area contributed by atoms with Crippen LogP contribution in [0.1, 0.15) is 53.4 Å². The molecule has 2 amide bonds. The predicted octanol–water partition coefficient (Wildman–Crippen LogP) is 3.16. The Kier molecular flexibility index (Phi) is 4.35. The number of pyridine rings is 1. The van der Waals surface area contributed by atoms with E-state index >= 15 is 0 Å². The van der Waals surface area contributed by atoms with Crippen LogP contribution in [0.4, 0.5) is 5.69 Å². The minimum Gasteiger partial charge on any atom is -0.349 e. The Labute approximate surface area is 156 Å². The maximum atomic E-state index is 12.6. The molecule has 1 aliphatic rings. The highest BCUT2D eigenvalue weighted by atomic mass is 16.2. The van der Waals surface area contributed by atoms with E-state index in [0.29, 0.717) is 22.9 Å². The zero-order valence-electron chi connectivity index (χ0n) is 15.3. The summed E-state index contributed by atoms with van der Waals surface area (Å²) in [5.74, 6) is -0.390. The molecule has 2 aromatic heterocycles. The number of benzene rings is 1. The van der Waals surface area contributed by atoms with Crippen molar-refractivity contribution in [3.63, 3.8) is 0 Å². The van der Waals surface area contributed by atoms with Gasteiger partial charge in [0.2, 0.25) is 0 Å². The van der Waals surface area contributed by atoms with Crippen molar-refractivity contribution in [3.05, 3.63) is 53.9 Å². The predicted molar refractivity (Wildman–Crippen MR) is 103 cm³/mol. The van der Waals surface area contributed by atoms with E-state index in [-0.39, 0.29) is 17.9 Å². The standard InChI is InChI=1S/C20H21N5O2/c1-12(2)25-18-14(11-22-25)8-15(10-21-18)20(27)24-17-5-3-4-13(9-17)19(26)23-16-6-7-16/h3-5,8-12,16H,6-7H2,1-2H3,(H,23,26)(H,24,27).